The monoisotopic (exact) mass is 286 g/mol. The van der Waals surface area contributed by atoms with Crippen LogP contribution < -0.4 is 10.5 Å². The third kappa shape index (κ3) is 3.18. The molecule has 1 atom stereocenters. The Morgan fingerprint density at radius 1 is 1.50 bits per heavy atom. The average molecular weight is 286 g/mol. The van der Waals surface area contributed by atoms with Crippen LogP contribution in [0.15, 0.2) is 23.1 Å². The van der Waals surface area contributed by atoms with Crippen molar-refractivity contribution in [2.24, 2.45) is 0 Å². The van der Waals surface area contributed by atoms with Gasteiger partial charge in [0.15, 0.2) is 0 Å². The van der Waals surface area contributed by atoms with Crippen LogP contribution in [0.25, 0.3) is 0 Å². The first kappa shape index (κ1) is 13.7. The molecule has 0 saturated carbocycles. The minimum atomic E-state index is -3.48. The molecule has 0 aromatic heterocycles. The van der Waals surface area contributed by atoms with Gasteiger partial charge in [-0.25, -0.2) is 13.1 Å². The van der Waals surface area contributed by atoms with Gasteiger partial charge in [-0.05, 0) is 43.2 Å². The lowest BCUT2D eigenvalue weighted by Gasteiger charge is -2.12. The molecule has 2 rings (SSSR count). The smallest absolute Gasteiger partial charge is 0.242 e. The van der Waals surface area contributed by atoms with E-state index in [0.29, 0.717) is 17.5 Å². The molecule has 1 saturated heterocycles. The maximum atomic E-state index is 12.1. The molecule has 100 valence electrons. The van der Waals surface area contributed by atoms with Crippen molar-refractivity contribution in [1.29, 1.82) is 0 Å². The lowest BCUT2D eigenvalue weighted by Crippen LogP contribution is -2.30. The zero-order valence-electron chi connectivity index (χ0n) is 10.3. The Hall–Kier alpha value is -0.720. The van der Waals surface area contributed by atoms with Crippen LogP contribution in [0.3, 0.4) is 0 Å². The second-order valence-electron chi connectivity index (χ2n) is 4.53. The minimum Gasteiger partial charge on any atom is -0.398 e. The van der Waals surface area contributed by atoms with E-state index in [9.17, 15) is 8.42 Å². The summed E-state index contributed by atoms with van der Waals surface area (Å²) < 4.78 is 26.9. The second-order valence-corrected chi connectivity index (χ2v) is 7.67. The van der Waals surface area contributed by atoms with Gasteiger partial charge in [0, 0.05) is 11.8 Å². The molecule has 1 fully saturated rings. The number of hydrogen-bond donors (Lipinski definition) is 2. The summed E-state index contributed by atoms with van der Waals surface area (Å²) in [5.41, 5.74) is 7.03. The highest BCUT2D eigenvalue weighted by molar-refractivity contribution is 8.00. The fraction of sp³-hybridized carbons (Fsp3) is 0.500. The van der Waals surface area contributed by atoms with Gasteiger partial charge in [-0.3, -0.25) is 0 Å². The highest BCUT2D eigenvalue weighted by atomic mass is 32.2. The Labute approximate surface area is 112 Å². The van der Waals surface area contributed by atoms with Crippen LogP contribution in [-0.4, -0.2) is 26.0 Å². The molecule has 0 amide bonds. The van der Waals surface area contributed by atoms with Crippen LogP contribution in [0.5, 0.6) is 0 Å². The van der Waals surface area contributed by atoms with E-state index in [1.807, 2.05) is 18.7 Å². The van der Waals surface area contributed by atoms with Gasteiger partial charge in [-0.2, -0.15) is 11.8 Å². The van der Waals surface area contributed by atoms with Crippen molar-refractivity contribution in [3.63, 3.8) is 0 Å². The summed E-state index contributed by atoms with van der Waals surface area (Å²) in [5, 5.41) is 0.395. The number of aryl methyl sites for hydroxylation is 1. The summed E-state index contributed by atoms with van der Waals surface area (Å²) in [6.07, 6.45) is 2.25. The van der Waals surface area contributed by atoms with Crippen molar-refractivity contribution >= 4 is 27.5 Å². The van der Waals surface area contributed by atoms with Gasteiger partial charge >= 0.3 is 0 Å². The van der Waals surface area contributed by atoms with Crippen LogP contribution in [-0.2, 0) is 10.0 Å². The maximum absolute atomic E-state index is 12.1. The molecule has 1 aliphatic heterocycles. The zero-order chi connectivity index (χ0) is 13.2. The van der Waals surface area contributed by atoms with Crippen LogP contribution in [0.2, 0.25) is 0 Å². The third-order valence-electron chi connectivity index (χ3n) is 2.98. The number of thioether (sulfide) groups is 1. The van der Waals surface area contributed by atoms with E-state index in [0.717, 1.165) is 17.7 Å². The molecule has 1 aromatic rings. The summed E-state index contributed by atoms with van der Waals surface area (Å²) in [6.45, 7) is 2.37. The molecule has 1 heterocycles. The zero-order valence-corrected chi connectivity index (χ0v) is 12.0. The van der Waals surface area contributed by atoms with Gasteiger partial charge in [0.1, 0.15) is 4.90 Å². The summed E-state index contributed by atoms with van der Waals surface area (Å²) in [7, 11) is -3.48. The van der Waals surface area contributed by atoms with Crippen molar-refractivity contribution in [1.82, 2.24) is 4.72 Å². The van der Waals surface area contributed by atoms with Crippen molar-refractivity contribution in [3.8, 4) is 0 Å². The molecule has 0 radical (unpaired) electrons. The molecule has 1 aliphatic rings. The SMILES string of the molecule is Cc1ccc(S(=O)(=O)NCC2CCCS2)c(N)c1. The van der Waals surface area contributed by atoms with Gasteiger partial charge < -0.3 is 5.73 Å². The van der Waals surface area contributed by atoms with Crippen molar-refractivity contribution in [2.45, 2.75) is 29.9 Å². The van der Waals surface area contributed by atoms with Gasteiger partial charge in [0.25, 0.3) is 0 Å². The van der Waals surface area contributed by atoms with Crippen LogP contribution in [0, 0.1) is 6.92 Å². The number of sulfonamides is 1. The summed E-state index contributed by atoms with van der Waals surface area (Å²) in [6, 6.07) is 5.00. The molecular weight excluding hydrogens is 268 g/mol. The number of anilines is 1. The molecule has 3 N–H and O–H groups in total. The summed E-state index contributed by atoms with van der Waals surface area (Å²) >= 11 is 1.83. The van der Waals surface area contributed by atoms with Gasteiger partial charge in [0.05, 0.1) is 5.69 Å². The van der Waals surface area contributed by atoms with Crippen molar-refractivity contribution < 1.29 is 8.42 Å². The van der Waals surface area contributed by atoms with Crippen LogP contribution in [0.4, 0.5) is 5.69 Å². The predicted octanol–water partition coefficient (Wildman–Crippen LogP) is 1.75. The lowest BCUT2D eigenvalue weighted by atomic mass is 10.2. The van der Waals surface area contributed by atoms with Gasteiger partial charge in [0.2, 0.25) is 10.0 Å². The molecule has 1 unspecified atom stereocenters. The number of rotatable bonds is 4. The molecule has 0 aliphatic carbocycles. The third-order valence-corrected chi connectivity index (χ3v) is 5.88. The Kier molecular flexibility index (Phi) is 4.19. The van der Waals surface area contributed by atoms with E-state index in [-0.39, 0.29) is 4.90 Å². The first-order valence-electron chi connectivity index (χ1n) is 5.96. The Morgan fingerprint density at radius 2 is 2.28 bits per heavy atom. The van der Waals surface area contributed by atoms with Crippen molar-refractivity contribution in [3.05, 3.63) is 23.8 Å². The second kappa shape index (κ2) is 5.50. The lowest BCUT2D eigenvalue weighted by molar-refractivity contribution is 0.579. The molecule has 1 aromatic carbocycles. The average Bonchev–Trinajstić information content (AvgIpc) is 2.78. The standard InChI is InChI=1S/C12H18N2O2S2/c1-9-4-5-12(11(13)7-9)18(15,16)14-8-10-3-2-6-17-10/h4-5,7,10,14H,2-3,6,8,13H2,1H3. The Morgan fingerprint density at radius 3 is 2.89 bits per heavy atom. The molecule has 4 nitrogen and oxygen atoms in total. The number of hydrogen-bond acceptors (Lipinski definition) is 4. The molecule has 6 heteroatoms. The molecule has 18 heavy (non-hydrogen) atoms. The van der Waals surface area contributed by atoms with Gasteiger partial charge in [-0.15, -0.1) is 0 Å². The topological polar surface area (TPSA) is 72.2 Å². The molecule has 0 bridgehead atoms. The first-order valence-corrected chi connectivity index (χ1v) is 8.49. The highest BCUT2D eigenvalue weighted by Crippen LogP contribution is 2.26. The largest absolute Gasteiger partial charge is 0.398 e. The van der Waals surface area contributed by atoms with Gasteiger partial charge in [-0.1, -0.05) is 6.07 Å². The maximum Gasteiger partial charge on any atom is 0.242 e. The predicted molar refractivity (Wildman–Crippen MR) is 76.3 cm³/mol. The van der Waals surface area contributed by atoms with Crippen LogP contribution >= 0.6 is 11.8 Å². The quantitative estimate of drug-likeness (QED) is 0.827. The van der Waals surface area contributed by atoms with E-state index in [4.69, 9.17) is 5.73 Å². The summed E-state index contributed by atoms with van der Waals surface area (Å²) in [4.78, 5) is 0.177. The fourth-order valence-corrected chi connectivity index (χ4v) is 4.50. The first-order chi connectivity index (χ1) is 8.49. The van der Waals surface area contributed by atoms with Crippen molar-refractivity contribution in [2.75, 3.05) is 18.0 Å². The normalized spacial score (nSPS) is 20.2. The fourth-order valence-electron chi connectivity index (χ4n) is 2.00. The van der Waals surface area contributed by atoms with E-state index < -0.39 is 10.0 Å². The van der Waals surface area contributed by atoms with Crippen LogP contribution in [0.1, 0.15) is 18.4 Å². The molecule has 0 spiro atoms. The number of nitrogen functional groups attached to an aromatic ring is 1. The number of nitrogens with one attached hydrogen (secondary N) is 1. The van der Waals surface area contributed by atoms with E-state index in [1.54, 1.807) is 18.2 Å². The minimum absolute atomic E-state index is 0.177. The van der Waals surface area contributed by atoms with E-state index in [1.165, 1.54) is 6.42 Å². The molecular formula is C12H18N2O2S2. The summed E-state index contributed by atoms with van der Waals surface area (Å²) in [5.74, 6) is 1.12. The Balaban J connectivity index is 2.09. The Bertz CT molecular complexity index is 523. The highest BCUT2D eigenvalue weighted by Gasteiger charge is 2.21. The van der Waals surface area contributed by atoms with E-state index >= 15 is 0 Å². The number of benzene rings is 1. The van der Waals surface area contributed by atoms with E-state index in [2.05, 4.69) is 4.72 Å². The number of nitrogens with two attached hydrogens (primary N) is 1.